The van der Waals surface area contributed by atoms with Crippen LogP contribution >= 0.6 is 11.3 Å². The molecule has 2 heterocycles. The Balaban J connectivity index is 1.74. The first kappa shape index (κ1) is 24.0. The molecule has 178 valence electrons. The highest BCUT2D eigenvalue weighted by atomic mass is 32.1. The SMILES string of the molecule is CCOc1cccc(N(C(=O)Cc2cccs2)C(C(=O)NC2CCCCC2)c2ccncc2)c1. The number of rotatable bonds is 9. The molecule has 1 aliphatic rings. The molecule has 0 radical (unpaired) electrons. The van der Waals surface area contributed by atoms with E-state index in [1.54, 1.807) is 17.3 Å². The lowest BCUT2D eigenvalue weighted by molar-refractivity contribution is -0.127. The number of carbonyl (C=O) groups excluding carboxylic acids is 2. The second-order valence-corrected chi connectivity index (χ2v) is 9.51. The number of nitrogens with zero attached hydrogens (tertiary/aromatic N) is 2. The van der Waals surface area contributed by atoms with Crippen LogP contribution in [0.5, 0.6) is 5.75 Å². The van der Waals surface area contributed by atoms with Gasteiger partial charge in [0.1, 0.15) is 11.8 Å². The van der Waals surface area contributed by atoms with Crippen LogP contribution in [-0.2, 0) is 16.0 Å². The summed E-state index contributed by atoms with van der Waals surface area (Å²) in [6.07, 6.45) is 8.91. The first-order chi connectivity index (χ1) is 16.7. The number of nitrogens with one attached hydrogen (secondary N) is 1. The number of hydrogen-bond donors (Lipinski definition) is 1. The molecule has 0 saturated heterocycles. The Kier molecular flexibility index (Phi) is 8.31. The summed E-state index contributed by atoms with van der Waals surface area (Å²) >= 11 is 1.54. The predicted molar refractivity (Wildman–Crippen MR) is 135 cm³/mol. The van der Waals surface area contributed by atoms with Crippen molar-refractivity contribution < 1.29 is 14.3 Å². The van der Waals surface area contributed by atoms with E-state index in [9.17, 15) is 9.59 Å². The van der Waals surface area contributed by atoms with Crippen LogP contribution in [-0.4, -0.2) is 29.4 Å². The highest BCUT2D eigenvalue weighted by molar-refractivity contribution is 7.10. The molecule has 1 fully saturated rings. The zero-order chi connectivity index (χ0) is 23.8. The van der Waals surface area contributed by atoms with Crippen molar-refractivity contribution in [3.8, 4) is 5.75 Å². The van der Waals surface area contributed by atoms with Crippen LogP contribution in [0.1, 0.15) is 55.5 Å². The first-order valence-electron chi connectivity index (χ1n) is 11.9. The minimum absolute atomic E-state index is 0.134. The molecular weight excluding hydrogens is 446 g/mol. The first-order valence-corrected chi connectivity index (χ1v) is 12.8. The molecule has 6 nitrogen and oxygen atoms in total. The predicted octanol–water partition coefficient (Wildman–Crippen LogP) is 5.31. The number of hydrogen-bond acceptors (Lipinski definition) is 5. The molecular formula is C27H31N3O3S. The molecule has 34 heavy (non-hydrogen) atoms. The molecule has 0 spiro atoms. The molecule has 7 heteroatoms. The average Bonchev–Trinajstić information content (AvgIpc) is 3.37. The van der Waals surface area contributed by atoms with E-state index >= 15 is 0 Å². The van der Waals surface area contributed by atoms with Gasteiger partial charge < -0.3 is 10.1 Å². The van der Waals surface area contributed by atoms with Crippen molar-refractivity contribution in [3.05, 3.63) is 76.7 Å². The van der Waals surface area contributed by atoms with Crippen LogP contribution in [0.2, 0.25) is 0 Å². The van der Waals surface area contributed by atoms with Gasteiger partial charge in [-0.3, -0.25) is 19.5 Å². The maximum atomic E-state index is 13.8. The maximum absolute atomic E-state index is 13.8. The van der Waals surface area contributed by atoms with Gasteiger partial charge in [-0.25, -0.2) is 0 Å². The molecule has 0 aliphatic heterocycles. The van der Waals surface area contributed by atoms with Gasteiger partial charge in [-0.2, -0.15) is 0 Å². The number of carbonyl (C=O) groups is 2. The van der Waals surface area contributed by atoms with Crippen molar-refractivity contribution >= 4 is 28.8 Å². The molecule has 4 rings (SSSR count). The standard InChI is InChI=1S/C27H31N3O3S/c1-2-33-23-11-6-10-22(18-23)30(25(31)19-24-12-7-17-34-24)26(20-13-15-28-16-14-20)27(32)29-21-8-4-3-5-9-21/h6-7,10-18,21,26H,2-5,8-9,19H2,1H3,(H,29,32). The lowest BCUT2D eigenvalue weighted by Gasteiger charge is -2.33. The molecule has 2 amide bonds. The Morgan fingerprint density at radius 3 is 2.62 bits per heavy atom. The number of pyridine rings is 1. The van der Waals surface area contributed by atoms with Crippen molar-refractivity contribution in [2.45, 2.75) is 57.5 Å². The van der Waals surface area contributed by atoms with Gasteiger partial charge in [-0.1, -0.05) is 31.4 Å². The van der Waals surface area contributed by atoms with Crippen LogP contribution in [0.3, 0.4) is 0 Å². The van der Waals surface area contributed by atoms with Crippen molar-refractivity contribution in [1.82, 2.24) is 10.3 Å². The molecule has 1 saturated carbocycles. The van der Waals surface area contributed by atoms with Gasteiger partial charge in [0.25, 0.3) is 0 Å². The van der Waals surface area contributed by atoms with Crippen molar-refractivity contribution in [3.63, 3.8) is 0 Å². The molecule has 1 atom stereocenters. The van der Waals surface area contributed by atoms with E-state index in [0.717, 1.165) is 36.1 Å². The van der Waals surface area contributed by atoms with Crippen LogP contribution < -0.4 is 15.0 Å². The molecule has 2 aromatic heterocycles. The monoisotopic (exact) mass is 477 g/mol. The summed E-state index contributed by atoms with van der Waals surface area (Å²) in [4.78, 5) is 34.3. The third-order valence-corrected chi connectivity index (χ3v) is 6.94. The lowest BCUT2D eigenvalue weighted by Crippen LogP contribution is -2.47. The topological polar surface area (TPSA) is 71.5 Å². The zero-order valence-corrected chi connectivity index (χ0v) is 20.3. The number of anilines is 1. The van der Waals surface area contributed by atoms with Crippen LogP contribution in [0.15, 0.2) is 66.3 Å². The van der Waals surface area contributed by atoms with E-state index in [0.29, 0.717) is 18.0 Å². The third-order valence-electron chi connectivity index (χ3n) is 6.06. The average molecular weight is 478 g/mol. The minimum atomic E-state index is -0.811. The normalized spacial score (nSPS) is 14.9. The van der Waals surface area contributed by atoms with Crippen LogP contribution in [0.4, 0.5) is 5.69 Å². The Bertz CT molecular complexity index is 1070. The summed E-state index contributed by atoms with van der Waals surface area (Å²) in [7, 11) is 0. The van der Waals surface area contributed by atoms with E-state index in [4.69, 9.17) is 4.74 Å². The van der Waals surface area contributed by atoms with Crippen molar-refractivity contribution in [2.75, 3.05) is 11.5 Å². The van der Waals surface area contributed by atoms with Crippen LogP contribution in [0.25, 0.3) is 0 Å². The van der Waals surface area contributed by atoms with Gasteiger partial charge in [0.05, 0.1) is 13.0 Å². The molecule has 0 bridgehead atoms. The van der Waals surface area contributed by atoms with Gasteiger partial charge in [0.15, 0.2) is 0 Å². The fourth-order valence-electron chi connectivity index (χ4n) is 4.46. The number of benzene rings is 1. The lowest BCUT2D eigenvalue weighted by atomic mass is 9.94. The number of aromatic nitrogens is 1. The van der Waals surface area contributed by atoms with E-state index in [-0.39, 0.29) is 24.3 Å². The maximum Gasteiger partial charge on any atom is 0.248 e. The largest absolute Gasteiger partial charge is 0.494 e. The molecule has 3 aromatic rings. The number of ether oxygens (including phenoxy) is 1. The fraction of sp³-hybridized carbons (Fsp3) is 0.370. The molecule has 1 unspecified atom stereocenters. The third kappa shape index (κ3) is 6.03. The van der Waals surface area contributed by atoms with Crippen molar-refractivity contribution in [2.24, 2.45) is 0 Å². The van der Waals surface area contributed by atoms with Gasteiger partial charge in [-0.05, 0) is 61.0 Å². The molecule has 1 aliphatic carbocycles. The summed E-state index contributed by atoms with van der Waals surface area (Å²) in [5.74, 6) is 0.353. The van der Waals surface area contributed by atoms with E-state index < -0.39 is 6.04 Å². The Morgan fingerprint density at radius 1 is 1.12 bits per heavy atom. The fourth-order valence-corrected chi connectivity index (χ4v) is 5.16. The molecule has 1 aromatic carbocycles. The Morgan fingerprint density at radius 2 is 1.91 bits per heavy atom. The number of thiophene rings is 1. The van der Waals surface area contributed by atoms with E-state index in [1.807, 2.05) is 60.8 Å². The van der Waals surface area contributed by atoms with Gasteiger partial charge in [0.2, 0.25) is 11.8 Å². The van der Waals surface area contributed by atoms with Crippen LogP contribution in [0, 0.1) is 0 Å². The van der Waals surface area contributed by atoms with Gasteiger partial charge in [0, 0.05) is 35.1 Å². The minimum Gasteiger partial charge on any atom is -0.494 e. The molecule has 1 N–H and O–H groups in total. The smallest absolute Gasteiger partial charge is 0.248 e. The van der Waals surface area contributed by atoms with E-state index in [1.165, 1.54) is 17.8 Å². The van der Waals surface area contributed by atoms with Crippen molar-refractivity contribution in [1.29, 1.82) is 0 Å². The van der Waals surface area contributed by atoms with Gasteiger partial charge in [-0.15, -0.1) is 11.3 Å². The Hall–Kier alpha value is -3.19. The summed E-state index contributed by atoms with van der Waals surface area (Å²) in [5, 5.41) is 5.20. The summed E-state index contributed by atoms with van der Waals surface area (Å²) in [6.45, 7) is 2.44. The number of amides is 2. The zero-order valence-electron chi connectivity index (χ0n) is 19.5. The highest BCUT2D eigenvalue weighted by Crippen LogP contribution is 2.32. The highest BCUT2D eigenvalue weighted by Gasteiger charge is 2.34. The summed E-state index contributed by atoms with van der Waals surface area (Å²) in [6, 6.07) is 14.2. The van der Waals surface area contributed by atoms with Gasteiger partial charge >= 0.3 is 0 Å². The second kappa shape index (κ2) is 11.8. The van der Waals surface area contributed by atoms with E-state index in [2.05, 4.69) is 10.3 Å². The quantitative estimate of drug-likeness (QED) is 0.454. The Labute approximate surface area is 205 Å². The summed E-state index contributed by atoms with van der Waals surface area (Å²) in [5.41, 5.74) is 1.36. The summed E-state index contributed by atoms with van der Waals surface area (Å²) < 4.78 is 5.70. The second-order valence-electron chi connectivity index (χ2n) is 8.48.